The van der Waals surface area contributed by atoms with Gasteiger partial charge in [0.25, 0.3) is 0 Å². The summed E-state index contributed by atoms with van der Waals surface area (Å²) < 4.78 is 0. The van der Waals surface area contributed by atoms with Crippen molar-refractivity contribution in [3.8, 4) is 0 Å². The van der Waals surface area contributed by atoms with Gasteiger partial charge in [0.15, 0.2) is 0 Å². The molecule has 0 radical (unpaired) electrons. The highest BCUT2D eigenvalue weighted by Gasteiger charge is 1.95. The first-order chi connectivity index (χ1) is 9.77. The Hall–Kier alpha value is -0.0800. The van der Waals surface area contributed by atoms with Gasteiger partial charge >= 0.3 is 0 Å². The van der Waals surface area contributed by atoms with Gasteiger partial charge in [0.2, 0.25) is 0 Å². The highest BCUT2D eigenvalue weighted by Crippen LogP contribution is 2.12. The van der Waals surface area contributed by atoms with Gasteiger partial charge in [-0.1, -0.05) is 90.4 Å². The minimum Gasteiger partial charge on any atom is -0.379 e. The van der Waals surface area contributed by atoms with Crippen molar-refractivity contribution < 1.29 is 5.11 Å². The molecule has 1 atom stereocenters. The van der Waals surface area contributed by atoms with Crippen LogP contribution in [0.3, 0.4) is 0 Å². The van der Waals surface area contributed by atoms with Crippen molar-refractivity contribution in [1.82, 2.24) is 5.32 Å². The highest BCUT2D eigenvalue weighted by atomic mass is 16.3. The number of aliphatic hydroxyl groups excluding tert-OH is 1. The zero-order valence-corrected chi connectivity index (χ0v) is 14.1. The smallest absolute Gasteiger partial charge is 0.102 e. The standard InChI is InChI=1S/C18H39NO/c1-3-4-5-6-7-8-9-10-11-12-13-14-15-16-17-19-18(2)20/h18-20H,3-17H2,1-2H3. The number of aliphatic hydroxyl groups is 1. The molecular weight excluding hydrogens is 246 g/mol. The van der Waals surface area contributed by atoms with E-state index in [0.717, 1.165) is 6.54 Å². The van der Waals surface area contributed by atoms with Gasteiger partial charge in [-0.05, 0) is 19.9 Å². The van der Waals surface area contributed by atoms with E-state index in [9.17, 15) is 0 Å². The van der Waals surface area contributed by atoms with Gasteiger partial charge in [0.05, 0.1) is 0 Å². The molecule has 0 aromatic carbocycles. The molecule has 122 valence electrons. The Morgan fingerprint density at radius 3 is 1.35 bits per heavy atom. The summed E-state index contributed by atoms with van der Waals surface area (Å²) in [5.74, 6) is 0. The predicted molar refractivity (Wildman–Crippen MR) is 90.0 cm³/mol. The lowest BCUT2D eigenvalue weighted by Crippen LogP contribution is -2.26. The van der Waals surface area contributed by atoms with E-state index in [2.05, 4.69) is 12.2 Å². The van der Waals surface area contributed by atoms with Gasteiger partial charge in [0.1, 0.15) is 6.23 Å². The second-order valence-corrected chi connectivity index (χ2v) is 6.23. The maximum Gasteiger partial charge on any atom is 0.102 e. The molecule has 2 heteroatoms. The molecule has 2 N–H and O–H groups in total. The second kappa shape index (κ2) is 17.0. The summed E-state index contributed by atoms with van der Waals surface area (Å²) in [4.78, 5) is 0. The van der Waals surface area contributed by atoms with Gasteiger partial charge in [-0.25, -0.2) is 0 Å². The van der Waals surface area contributed by atoms with E-state index in [0.29, 0.717) is 0 Å². The average Bonchev–Trinajstić information content (AvgIpc) is 2.43. The predicted octanol–water partition coefficient (Wildman–Crippen LogP) is 5.40. The topological polar surface area (TPSA) is 32.3 Å². The third-order valence-corrected chi connectivity index (χ3v) is 3.97. The SMILES string of the molecule is CCCCCCCCCCCCCCCCNC(C)O. The van der Waals surface area contributed by atoms with Crippen LogP contribution in [0, 0.1) is 0 Å². The van der Waals surface area contributed by atoms with E-state index in [4.69, 9.17) is 5.11 Å². The van der Waals surface area contributed by atoms with Gasteiger partial charge in [0, 0.05) is 0 Å². The highest BCUT2D eigenvalue weighted by molar-refractivity contribution is 4.51. The normalized spacial score (nSPS) is 12.8. The molecule has 0 aliphatic heterocycles. The van der Waals surface area contributed by atoms with Crippen LogP contribution in [0.25, 0.3) is 0 Å². The third-order valence-electron chi connectivity index (χ3n) is 3.97. The lowest BCUT2D eigenvalue weighted by Gasteiger charge is -2.06. The van der Waals surface area contributed by atoms with E-state index in [-0.39, 0.29) is 6.23 Å². The van der Waals surface area contributed by atoms with Gasteiger partial charge in [-0.15, -0.1) is 0 Å². The van der Waals surface area contributed by atoms with Crippen molar-refractivity contribution in [2.24, 2.45) is 0 Å². The first kappa shape index (κ1) is 19.9. The van der Waals surface area contributed by atoms with Crippen LogP contribution < -0.4 is 5.32 Å². The molecule has 1 unspecified atom stereocenters. The minimum absolute atomic E-state index is 0.350. The maximum atomic E-state index is 9.05. The van der Waals surface area contributed by atoms with Crippen LogP contribution in [0.5, 0.6) is 0 Å². The van der Waals surface area contributed by atoms with Crippen LogP contribution in [0.1, 0.15) is 104 Å². The molecule has 0 rings (SSSR count). The first-order valence-corrected chi connectivity index (χ1v) is 9.18. The molecule has 0 aromatic rings. The summed E-state index contributed by atoms with van der Waals surface area (Å²) in [6.07, 6.45) is 19.2. The largest absolute Gasteiger partial charge is 0.379 e. The van der Waals surface area contributed by atoms with Crippen LogP contribution in [0.15, 0.2) is 0 Å². The maximum absolute atomic E-state index is 9.05. The first-order valence-electron chi connectivity index (χ1n) is 9.18. The molecular formula is C18H39NO. The van der Waals surface area contributed by atoms with Crippen LogP contribution in [-0.4, -0.2) is 17.9 Å². The Balaban J connectivity index is 2.92. The molecule has 0 saturated carbocycles. The summed E-state index contributed by atoms with van der Waals surface area (Å²) >= 11 is 0. The summed E-state index contributed by atoms with van der Waals surface area (Å²) in [5, 5.41) is 12.1. The lowest BCUT2D eigenvalue weighted by atomic mass is 10.0. The Labute approximate surface area is 127 Å². The van der Waals surface area contributed by atoms with E-state index >= 15 is 0 Å². The van der Waals surface area contributed by atoms with Crippen LogP contribution >= 0.6 is 0 Å². The van der Waals surface area contributed by atoms with Gasteiger partial charge in [-0.3, -0.25) is 5.32 Å². The van der Waals surface area contributed by atoms with Crippen LogP contribution in [0.2, 0.25) is 0 Å². The molecule has 2 nitrogen and oxygen atoms in total. The molecule has 0 aliphatic carbocycles. The number of rotatable bonds is 16. The zero-order chi connectivity index (χ0) is 14.9. The fraction of sp³-hybridized carbons (Fsp3) is 1.00. The summed E-state index contributed by atoms with van der Waals surface area (Å²) in [5.41, 5.74) is 0. The third kappa shape index (κ3) is 17.9. The minimum atomic E-state index is -0.350. The molecule has 0 spiro atoms. The molecule has 0 fully saturated rings. The van der Waals surface area contributed by atoms with Crippen molar-refractivity contribution in [2.75, 3.05) is 6.54 Å². The molecule has 0 aliphatic rings. The van der Waals surface area contributed by atoms with Crippen molar-refractivity contribution in [3.05, 3.63) is 0 Å². The fourth-order valence-electron chi connectivity index (χ4n) is 2.63. The molecule has 0 bridgehead atoms. The number of hydrogen-bond acceptors (Lipinski definition) is 2. The van der Waals surface area contributed by atoms with E-state index in [1.807, 2.05) is 0 Å². The summed E-state index contributed by atoms with van der Waals surface area (Å²) in [6, 6.07) is 0. The van der Waals surface area contributed by atoms with E-state index in [1.165, 1.54) is 89.9 Å². The molecule has 0 aromatic heterocycles. The van der Waals surface area contributed by atoms with Crippen molar-refractivity contribution in [3.63, 3.8) is 0 Å². The number of nitrogens with one attached hydrogen (secondary N) is 1. The zero-order valence-electron chi connectivity index (χ0n) is 14.1. The average molecular weight is 286 g/mol. The monoisotopic (exact) mass is 285 g/mol. The van der Waals surface area contributed by atoms with Crippen LogP contribution in [0.4, 0.5) is 0 Å². The van der Waals surface area contributed by atoms with Crippen LogP contribution in [-0.2, 0) is 0 Å². The number of hydrogen-bond donors (Lipinski definition) is 2. The summed E-state index contributed by atoms with van der Waals surface area (Å²) in [6.45, 7) is 5.02. The molecule has 0 heterocycles. The Morgan fingerprint density at radius 2 is 1.00 bits per heavy atom. The fourth-order valence-corrected chi connectivity index (χ4v) is 2.63. The van der Waals surface area contributed by atoms with Crippen molar-refractivity contribution in [1.29, 1.82) is 0 Å². The summed E-state index contributed by atoms with van der Waals surface area (Å²) in [7, 11) is 0. The van der Waals surface area contributed by atoms with E-state index < -0.39 is 0 Å². The second-order valence-electron chi connectivity index (χ2n) is 6.23. The lowest BCUT2D eigenvalue weighted by molar-refractivity contribution is 0.156. The van der Waals surface area contributed by atoms with Gasteiger partial charge < -0.3 is 5.11 Å². The van der Waals surface area contributed by atoms with Gasteiger partial charge in [-0.2, -0.15) is 0 Å². The molecule has 0 amide bonds. The number of unbranched alkanes of at least 4 members (excludes halogenated alkanes) is 13. The Kier molecular flexibility index (Phi) is 16.9. The molecule has 20 heavy (non-hydrogen) atoms. The van der Waals surface area contributed by atoms with E-state index in [1.54, 1.807) is 6.92 Å². The molecule has 0 saturated heterocycles. The van der Waals surface area contributed by atoms with Crippen molar-refractivity contribution in [2.45, 2.75) is 110 Å². The Bertz CT molecular complexity index is 171. The quantitative estimate of drug-likeness (QED) is 0.294. The Morgan fingerprint density at radius 1 is 0.650 bits per heavy atom. The van der Waals surface area contributed by atoms with Crippen molar-refractivity contribution >= 4 is 0 Å².